The maximum atomic E-state index is 10.1. The van der Waals surface area contributed by atoms with Crippen molar-refractivity contribution < 1.29 is 9.84 Å². The van der Waals surface area contributed by atoms with Crippen molar-refractivity contribution in [3.8, 4) is 5.75 Å². The van der Waals surface area contributed by atoms with Gasteiger partial charge < -0.3 is 9.84 Å². The zero-order valence-corrected chi connectivity index (χ0v) is 10.5. The molecule has 1 N–H and O–H groups in total. The second-order valence-corrected chi connectivity index (χ2v) is 5.71. The maximum absolute atomic E-state index is 10.1. The van der Waals surface area contributed by atoms with E-state index in [4.69, 9.17) is 4.74 Å². The Labute approximate surface area is 97.3 Å². The Balaban J connectivity index is 2.51. The number of rotatable bonds is 1. The van der Waals surface area contributed by atoms with Crippen molar-refractivity contribution in [2.24, 2.45) is 0 Å². The quantitative estimate of drug-likeness (QED) is 0.788. The summed E-state index contributed by atoms with van der Waals surface area (Å²) in [5.74, 6) is 0.881. The summed E-state index contributed by atoms with van der Waals surface area (Å²) in [7, 11) is 0. The molecule has 0 radical (unpaired) electrons. The van der Waals surface area contributed by atoms with Crippen molar-refractivity contribution in [1.82, 2.24) is 0 Å². The minimum Gasteiger partial charge on any atom is -0.487 e. The van der Waals surface area contributed by atoms with E-state index in [9.17, 15) is 5.11 Å². The molecule has 0 spiro atoms. The van der Waals surface area contributed by atoms with Crippen LogP contribution in [0.1, 0.15) is 45.2 Å². The third-order valence-corrected chi connectivity index (χ3v) is 3.13. The summed E-state index contributed by atoms with van der Waals surface area (Å²) in [6, 6.07) is 6.02. The average Bonchev–Trinajstić information content (AvgIpc) is 2.13. The first-order valence-electron chi connectivity index (χ1n) is 5.83. The number of fused-ring (bicyclic) bond motifs is 1. The highest BCUT2D eigenvalue weighted by Gasteiger charge is 2.31. The molecular weight excluding hydrogens is 200 g/mol. The molecule has 0 amide bonds. The van der Waals surface area contributed by atoms with Crippen molar-refractivity contribution in [3.63, 3.8) is 0 Å². The number of ether oxygens (including phenoxy) is 1. The van der Waals surface area contributed by atoms with Gasteiger partial charge in [-0.25, -0.2) is 0 Å². The van der Waals surface area contributed by atoms with Gasteiger partial charge in [0, 0.05) is 5.56 Å². The molecule has 0 atom stereocenters. The molecule has 1 heterocycles. The fourth-order valence-corrected chi connectivity index (χ4v) is 2.15. The Morgan fingerprint density at radius 1 is 1.31 bits per heavy atom. The molecule has 0 saturated heterocycles. The van der Waals surface area contributed by atoms with Crippen LogP contribution in [-0.2, 0) is 12.0 Å². The number of hydrogen-bond acceptors (Lipinski definition) is 2. The molecule has 88 valence electrons. The van der Waals surface area contributed by atoms with Crippen LogP contribution in [0.25, 0.3) is 0 Å². The van der Waals surface area contributed by atoms with E-state index in [2.05, 4.69) is 19.9 Å². The first-order valence-corrected chi connectivity index (χ1v) is 5.83. The van der Waals surface area contributed by atoms with Gasteiger partial charge >= 0.3 is 0 Å². The molecule has 2 heteroatoms. The Kier molecular flexibility index (Phi) is 2.50. The summed E-state index contributed by atoms with van der Waals surface area (Å²) in [5.41, 5.74) is 1.12. The Morgan fingerprint density at radius 3 is 2.62 bits per heavy atom. The van der Waals surface area contributed by atoms with Crippen LogP contribution in [0.3, 0.4) is 0 Å². The summed E-state index contributed by atoms with van der Waals surface area (Å²) in [5, 5.41) is 10.1. The molecule has 0 aromatic heterocycles. The molecule has 0 bridgehead atoms. The average molecular weight is 220 g/mol. The van der Waals surface area contributed by atoms with Gasteiger partial charge in [-0.05, 0) is 46.1 Å². The van der Waals surface area contributed by atoms with Crippen molar-refractivity contribution in [2.45, 2.75) is 51.7 Å². The van der Waals surface area contributed by atoms with Crippen LogP contribution in [0.2, 0.25) is 0 Å². The van der Waals surface area contributed by atoms with E-state index >= 15 is 0 Å². The highest BCUT2D eigenvalue weighted by Crippen LogP contribution is 2.39. The van der Waals surface area contributed by atoms with E-state index in [1.807, 2.05) is 12.1 Å². The second-order valence-electron chi connectivity index (χ2n) is 5.71. The van der Waals surface area contributed by atoms with Crippen LogP contribution < -0.4 is 4.74 Å². The van der Waals surface area contributed by atoms with E-state index < -0.39 is 5.60 Å². The van der Waals surface area contributed by atoms with Crippen LogP contribution in [0, 0.1) is 0 Å². The van der Waals surface area contributed by atoms with Gasteiger partial charge in [0.25, 0.3) is 0 Å². The lowest BCUT2D eigenvalue weighted by molar-refractivity contribution is 0.0525. The van der Waals surface area contributed by atoms with Gasteiger partial charge in [0.05, 0.1) is 5.60 Å². The molecule has 0 saturated carbocycles. The van der Waals surface area contributed by atoms with Crippen LogP contribution in [-0.4, -0.2) is 10.7 Å². The monoisotopic (exact) mass is 220 g/mol. The fraction of sp³-hybridized carbons (Fsp3) is 0.571. The van der Waals surface area contributed by atoms with Crippen molar-refractivity contribution in [1.29, 1.82) is 0 Å². The van der Waals surface area contributed by atoms with E-state index in [1.165, 1.54) is 5.56 Å². The Morgan fingerprint density at radius 2 is 2.00 bits per heavy atom. The number of aryl methyl sites for hydroxylation is 1. The summed E-state index contributed by atoms with van der Waals surface area (Å²) < 4.78 is 6.02. The van der Waals surface area contributed by atoms with Gasteiger partial charge in [0.15, 0.2) is 0 Å². The first kappa shape index (κ1) is 11.5. The van der Waals surface area contributed by atoms with Gasteiger partial charge in [0.2, 0.25) is 0 Å². The topological polar surface area (TPSA) is 29.5 Å². The summed E-state index contributed by atoms with van der Waals surface area (Å²) >= 11 is 0. The lowest BCUT2D eigenvalue weighted by atomic mass is 9.88. The van der Waals surface area contributed by atoms with E-state index in [1.54, 1.807) is 13.8 Å². The van der Waals surface area contributed by atoms with Gasteiger partial charge in [-0.1, -0.05) is 18.2 Å². The van der Waals surface area contributed by atoms with Crippen LogP contribution in [0.4, 0.5) is 0 Å². The predicted molar refractivity (Wildman–Crippen MR) is 64.7 cm³/mol. The maximum Gasteiger partial charge on any atom is 0.129 e. The smallest absolute Gasteiger partial charge is 0.129 e. The van der Waals surface area contributed by atoms with Gasteiger partial charge in [0.1, 0.15) is 11.4 Å². The molecule has 1 aliphatic heterocycles. The summed E-state index contributed by atoms with van der Waals surface area (Å²) in [6.45, 7) is 7.79. The van der Waals surface area contributed by atoms with Crippen molar-refractivity contribution in [2.75, 3.05) is 0 Å². The molecule has 1 aromatic carbocycles. The number of aliphatic hydroxyl groups is 1. The third-order valence-electron chi connectivity index (χ3n) is 3.13. The molecule has 0 fully saturated rings. The number of hydrogen-bond donors (Lipinski definition) is 1. The lowest BCUT2D eigenvalue weighted by Gasteiger charge is -2.35. The normalized spacial score (nSPS) is 18.8. The van der Waals surface area contributed by atoms with Gasteiger partial charge in [-0.15, -0.1) is 0 Å². The fourth-order valence-electron chi connectivity index (χ4n) is 2.15. The minimum atomic E-state index is -0.848. The molecule has 0 unspecified atom stereocenters. The SMILES string of the molecule is CC1(C)CCc2cccc(C(C)(C)O)c2O1. The number of benzene rings is 1. The van der Waals surface area contributed by atoms with E-state index in [0.717, 1.165) is 24.2 Å². The summed E-state index contributed by atoms with van der Waals surface area (Å²) in [4.78, 5) is 0. The highest BCUT2D eigenvalue weighted by atomic mass is 16.5. The zero-order chi connectivity index (χ0) is 12.0. The van der Waals surface area contributed by atoms with Gasteiger partial charge in [-0.3, -0.25) is 0 Å². The number of para-hydroxylation sites is 1. The first-order chi connectivity index (χ1) is 7.30. The standard InChI is InChI=1S/C14H20O2/c1-13(2)9-8-10-6-5-7-11(12(10)16-13)14(3,4)15/h5-7,15H,8-9H2,1-4H3. The molecule has 1 aromatic rings. The lowest BCUT2D eigenvalue weighted by Crippen LogP contribution is -2.34. The van der Waals surface area contributed by atoms with Crippen LogP contribution >= 0.6 is 0 Å². The van der Waals surface area contributed by atoms with Crippen molar-refractivity contribution >= 4 is 0 Å². The Hall–Kier alpha value is -1.02. The van der Waals surface area contributed by atoms with Crippen LogP contribution in [0.5, 0.6) is 5.75 Å². The molecule has 16 heavy (non-hydrogen) atoms. The van der Waals surface area contributed by atoms with E-state index in [-0.39, 0.29) is 5.60 Å². The molecule has 0 aliphatic carbocycles. The van der Waals surface area contributed by atoms with Crippen LogP contribution in [0.15, 0.2) is 18.2 Å². The molecular formula is C14H20O2. The molecule has 2 rings (SSSR count). The largest absolute Gasteiger partial charge is 0.487 e. The Bertz CT molecular complexity index is 400. The molecule has 2 nitrogen and oxygen atoms in total. The minimum absolute atomic E-state index is 0.131. The summed E-state index contributed by atoms with van der Waals surface area (Å²) in [6.07, 6.45) is 2.04. The van der Waals surface area contributed by atoms with Crippen molar-refractivity contribution in [3.05, 3.63) is 29.3 Å². The molecule has 1 aliphatic rings. The third kappa shape index (κ3) is 2.07. The predicted octanol–water partition coefficient (Wildman–Crippen LogP) is 3.02. The zero-order valence-electron chi connectivity index (χ0n) is 10.5. The highest BCUT2D eigenvalue weighted by molar-refractivity contribution is 5.46. The van der Waals surface area contributed by atoms with Gasteiger partial charge in [-0.2, -0.15) is 0 Å². The second kappa shape index (κ2) is 3.49. The van der Waals surface area contributed by atoms with E-state index in [0.29, 0.717) is 0 Å².